The summed E-state index contributed by atoms with van der Waals surface area (Å²) in [4.78, 5) is 38.0. The van der Waals surface area contributed by atoms with Gasteiger partial charge in [0.05, 0.1) is 23.0 Å². The summed E-state index contributed by atoms with van der Waals surface area (Å²) in [6.45, 7) is 1.90. The number of para-hydroxylation sites is 2. The molecule has 0 aliphatic carbocycles. The highest BCUT2D eigenvalue weighted by Crippen LogP contribution is 2.19. The number of ether oxygens (including phenoxy) is 1. The van der Waals surface area contributed by atoms with Gasteiger partial charge in [-0.05, 0) is 67.6 Å². The largest absolute Gasteiger partial charge is 0.422 e. The molecule has 0 aromatic heterocycles. The lowest BCUT2D eigenvalue weighted by Gasteiger charge is -2.10. The molecular formula is C29H22ClN3O4. The average Bonchev–Trinajstić information content (AvgIpc) is 2.90. The van der Waals surface area contributed by atoms with Gasteiger partial charge in [-0.15, -0.1) is 0 Å². The van der Waals surface area contributed by atoms with E-state index >= 15 is 0 Å². The van der Waals surface area contributed by atoms with Crippen molar-refractivity contribution in [2.75, 3.05) is 5.32 Å². The predicted molar refractivity (Wildman–Crippen MR) is 143 cm³/mol. The molecule has 4 rings (SSSR count). The van der Waals surface area contributed by atoms with Crippen molar-refractivity contribution in [3.8, 4) is 5.75 Å². The van der Waals surface area contributed by atoms with E-state index in [4.69, 9.17) is 16.3 Å². The first-order valence-corrected chi connectivity index (χ1v) is 11.7. The second kappa shape index (κ2) is 11.8. The van der Waals surface area contributed by atoms with Gasteiger partial charge in [0.1, 0.15) is 5.75 Å². The maximum Gasteiger partial charge on any atom is 0.343 e. The Morgan fingerprint density at radius 1 is 0.811 bits per heavy atom. The van der Waals surface area contributed by atoms with Gasteiger partial charge in [-0.1, -0.05) is 53.6 Å². The third-order valence-electron chi connectivity index (χ3n) is 5.27. The molecule has 0 saturated carbocycles. The Morgan fingerprint density at radius 3 is 2.32 bits per heavy atom. The van der Waals surface area contributed by atoms with Crippen LogP contribution in [-0.2, 0) is 0 Å². The van der Waals surface area contributed by atoms with Gasteiger partial charge in [-0.3, -0.25) is 9.59 Å². The Kier molecular flexibility index (Phi) is 8.08. The Hall–Kier alpha value is -4.75. The molecule has 4 aromatic rings. The number of esters is 1. The number of anilines is 1. The molecule has 37 heavy (non-hydrogen) atoms. The third kappa shape index (κ3) is 6.68. The molecule has 0 saturated heterocycles. The number of rotatable bonds is 7. The molecule has 184 valence electrons. The molecule has 0 unspecified atom stereocenters. The van der Waals surface area contributed by atoms with E-state index in [1.54, 1.807) is 91.0 Å². The molecule has 0 bridgehead atoms. The number of nitrogens with zero attached hydrogens (tertiary/aromatic N) is 1. The number of amides is 2. The quantitative estimate of drug-likeness (QED) is 0.140. The van der Waals surface area contributed by atoms with Gasteiger partial charge < -0.3 is 10.1 Å². The summed E-state index contributed by atoms with van der Waals surface area (Å²) in [5.41, 5.74) is 5.29. The van der Waals surface area contributed by atoms with Crippen LogP contribution in [0.3, 0.4) is 0 Å². The SMILES string of the molecule is Cc1cccc(C(=O)Nc2ccccc2C(=O)N/N=C\c2ccccc2OC(=O)c2ccc(Cl)cc2)c1. The van der Waals surface area contributed by atoms with Crippen molar-refractivity contribution in [1.29, 1.82) is 0 Å². The van der Waals surface area contributed by atoms with Crippen LogP contribution >= 0.6 is 11.6 Å². The molecular weight excluding hydrogens is 490 g/mol. The monoisotopic (exact) mass is 511 g/mol. The smallest absolute Gasteiger partial charge is 0.343 e. The first-order valence-electron chi connectivity index (χ1n) is 11.3. The number of carbonyl (C=O) groups is 3. The molecule has 0 spiro atoms. The maximum absolute atomic E-state index is 12.8. The molecule has 0 fully saturated rings. The van der Waals surface area contributed by atoms with Gasteiger partial charge in [0.15, 0.2) is 0 Å². The lowest BCUT2D eigenvalue weighted by Crippen LogP contribution is -2.21. The molecule has 8 heteroatoms. The average molecular weight is 512 g/mol. The van der Waals surface area contributed by atoms with Crippen LogP contribution in [0, 0.1) is 6.92 Å². The van der Waals surface area contributed by atoms with E-state index in [9.17, 15) is 14.4 Å². The fraction of sp³-hybridized carbons (Fsp3) is 0.0345. The number of aryl methyl sites for hydroxylation is 1. The van der Waals surface area contributed by atoms with Crippen molar-refractivity contribution in [2.24, 2.45) is 5.10 Å². The van der Waals surface area contributed by atoms with Crippen molar-refractivity contribution in [2.45, 2.75) is 6.92 Å². The molecule has 0 atom stereocenters. The molecule has 0 radical (unpaired) electrons. The highest BCUT2D eigenvalue weighted by atomic mass is 35.5. The number of hydrazone groups is 1. The second-order valence-corrected chi connectivity index (χ2v) is 8.44. The van der Waals surface area contributed by atoms with Crippen molar-refractivity contribution in [3.63, 3.8) is 0 Å². The Balaban J connectivity index is 1.44. The minimum atomic E-state index is -0.556. The van der Waals surface area contributed by atoms with Crippen LogP contribution in [0.15, 0.2) is 102 Å². The molecule has 0 aliphatic heterocycles. The zero-order valence-corrected chi connectivity index (χ0v) is 20.5. The Labute approximate surface area is 218 Å². The zero-order valence-electron chi connectivity index (χ0n) is 19.8. The lowest BCUT2D eigenvalue weighted by molar-refractivity contribution is 0.0734. The molecule has 7 nitrogen and oxygen atoms in total. The van der Waals surface area contributed by atoms with Gasteiger partial charge in [0.2, 0.25) is 0 Å². The number of halogens is 1. The number of carbonyl (C=O) groups excluding carboxylic acids is 3. The van der Waals surface area contributed by atoms with E-state index in [-0.39, 0.29) is 17.2 Å². The molecule has 0 aliphatic rings. The minimum absolute atomic E-state index is 0.239. The highest BCUT2D eigenvalue weighted by Gasteiger charge is 2.14. The summed E-state index contributed by atoms with van der Waals surface area (Å²) in [5.74, 6) is -1.14. The first kappa shape index (κ1) is 25.3. The summed E-state index contributed by atoms with van der Waals surface area (Å²) < 4.78 is 5.49. The van der Waals surface area contributed by atoms with Crippen LogP contribution in [0.1, 0.15) is 42.2 Å². The van der Waals surface area contributed by atoms with E-state index in [1.807, 2.05) is 13.0 Å². The predicted octanol–water partition coefficient (Wildman–Crippen LogP) is 5.88. The van der Waals surface area contributed by atoms with E-state index in [1.165, 1.54) is 6.21 Å². The van der Waals surface area contributed by atoms with Crippen LogP contribution in [0.2, 0.25) is 5.02 Å². The van der Waals surface area contributed by atoms with E-state index in [0.29, 0.717) is 27.4 Å². The third-order valence-corrected chi connectivity index (χ3v) is 5.52. The van der Waals surface area contributed by atoms with Crippen molar-refractivity contribution in [1.82, 2.24) is 5.43 Å². The van der Waals surface area contributed by atoms with E-state index < -0.39 is 11.9 Å². The van der Waals surface area contributed by atoms with Crippen LogP contribution in [0.4, 0.5) is 5.69 Å². The van der Waals surface area contributed by atoms with Gasteiger partial charge in [-0.2, -0.15) is 5.10 Å². The van der Waals surface area contributed by atoms with E-state index in [2.05, 4.69) is 15.8 Å². The normalized spacial score (nSPS) is 10.6. The first-order chi connectivity index (χ1) is 17.9. The van der Waals surface area contributed by atoms with Crippen molar-refractivity contribution >= 4 is 41.3 Å². The van der Waals surface area contributed by atoms with Crippen LogP contribution < -0.4 is 15.5 Å². The summed E-state index contributed by atoms with van der Waals surface area (Å²) in [7, 11) is 0. The topological polar surface area (TPSA) is 96.9 Å². The summed E-state index contributed by atoms with van der Waals surface area (Å²) in [6, 6.07) is 26.9. The minimum Gasteiger partial charge on any atom is -0.422 e. The molecule has 4 aromatic carbocycles. The summed E-state index contributed by atoms with van der Waals surface area (Å²) in [5, 5.41) is 7.30. The maximum atomic E-state index is 12.8. The molecule has 2 N–H and O–H groups in total. The number of hydrogen-bond acceptors (Lipinski definition) is 5. The highest BCUT2D eigenvalue weighted by molar-refractivity contribution is 6.30. The fourth-order valence-corrected chi connectivity index (χ4v) is 3.54. The van der Waals surface area contributed by atoms with Gasteiger partial charge in [-0.25, -0.2) is 10.2 Å². The van der Waals surface area contributed by atoms with E-state index in [0.717, 1.165) is 5.56 Å². The fourth-order valence-electron chi connectivity index (χ4n) is 3.42. The number of hydrogen-bond donors (Lipinski definition) is 2. The van der Waals surface area contributed by atoms with Crippen LogP contribution in [-0.4, -0.2) is 24.0 Å². The number of nitrogens with one attached hydrogen (secondary N) is 2. The second-order valence-electron chi connectivity index (χ2n) is 8.00. The van der Waals surface area contributed by atoms with Crippen molar-refractivity contribution < 1.29 is 19.1 Å². The Bertz CT molecular complexity index is 1480. The summed E-state index contributed by atoms with van der Waals surface area (Å²) >= 11 is 5.87. The zero-order chi connectivity index (χ0) is 26.2. The summed E-state index contributed by atoms with van der Waals surface area (Å²) in [6.07, 6.45) is 1.37. The lowest BCUT2D eigenvalue weighted by atomic mass is 10.1. The Morgan fingerprint density at radius 2 is 1.54 bits per heavy atom. The van der Waals surface area contributed by atoms with Crippen LogP contribution in [0.5, 0.6) is 5.75 Å². The van der Waals surface area contributed by atoms with Gasteiger partial charge >= 0.3 is 5.97 Å². The molecule has 0 heterocycles. The standard InChI is InChI=1S/C29H22ClN3O4/c1-19-7-6-9-21(17-19)27(34)32-25-11-4-3-10-24(25)28(35)33-31-18-22-8-2-5-12-26(22)37-29(36)20-13-15-23(30)16-14-20/h2-18H,1H3,(H,32,34)(H,33,35)/b31-18-. The van der Waals surface area contributed by atoms with Crippen LogP contribution in [0.25, 0.3) is 0 Å². The van der Waals surface area contributed by atoms with Crippen molar-refractivity contribution in [3.05, 3.63) is 130 Å². The van der Waals surface area contributed by atoms with Gasteiger partial charge in [0.25, 0.3) is 11.8 Å². The molecule has 2 amide bonds. The number of benzene rings is 4. The van der Waals surface area contributed by atoms with Gasteiger partial charge in [0, 0.05) is 16.1 Å².